The lowest BCUT2D eigenvalue weighted by molar-refractivity contribution is -0.313. The Bertz CT molecular complexity index is 491. The highest BCUT2D eigenvalue weighted by Crippen LogP contribution is 2.21. The van der Waals surface area contributed by atoms with Gasteiger partial charge in [-0.1, -0.05) is 64.7 Å². The second-order valence-electron chi connectivity index (χ2n) is 6.05. The first-order valence-corrected chi connectivity index (χ1v) is 11.3. The number of carboxylic acids is 2. The van der Waals surface area contributed by atoms with Crippen LogP contribution in [0.25, 0.3) is 0 Å². The largest absolute Gasteiger partial charge is 0.549 e. The standard InChI is InChI=1S/C16H30O7S2/c1-2-3-4-5-6-7-8-9-10-11-12-24-13(15(17)18)14(16(19)20)25(21,22)23/h13-14H,2-12H2,1H3,(H,17,18)(H,19,20)(H,21,22,23)/p-2. The summed E-state index contributed by atoms with van der Waals surface area (Å²) in [6.07, 6.45) is 11.0. The Morgan fingerprint density at radius 1 is 0.880 bits per heavy atom. The smallest absolute Gasteiger partial charge is 0.274 e. The summed E-state index contributed by atoms with van der Waals surface area (Å²) in [6.45, 7) is 2.17. The number of hydrogen-bond acceptors (Lipinski definition) is 7. The Morgan fingerprint density at radius 3 is 1.68 bits per heavy atom. The highest BCUT2D eigenvalue weighted by atomic mass is 32.2. The lowest BCUT2D eigenvalue weighted by Gasteiger charge is -2.25. The zero-order chi connectivity index (χ0) is 19.3. The van der Waals surface area contributed by atoms with Crippen LogP contribution in [0.4, 0.5) is 0 Å². The van der Waals surface area contributed by atoms with Gasteiger partial charge in [-0.3, -0.25) is 4.55 Å². The van der Waals surface area contributed by atoms with Crippen LogP contribution in [-0.2, 0) is 19.7 Å². The number of aliphatic carboxylic acids is 2. The van der Waals surface area contributed by atoms with Crippen molar-refractivity contribution in [3.05, 3.63) is 0 Å². The third kappa shape index (κ3) is 11.4. The zero-order valence-corrected chi connectivity index (χ0v) is 16.3. The van der Waals surface area contributed by atoms with Crippen LogP contribution in [-0.4, -0.2) is 41.2 Å². The third-order valence-electron chi connectivity index (χ3n) is 3.86. The maximum atomic E-state index is 11.1. The van der Waals surface area contributed by atoms with Crippen molar-refractivity contribution in [1.82, 2.24) is 0 Å². The van der Waals surface area contributed by atoms with Crippen LogP contribution in [0.15, 0.2) is 0 Å². The lowest BCUT2D eigenvalue weighted by atomic mass is 10.1. The topological polar surface area (TPSA) is 135 Å². The molecule has 9 heteroatoms. The summed E-state index contributed by atoms with van der Waals surface area (Å²) in [5, 5.41) is 17.4. The van der Waals surface area contributed by atoms with Crippen LogP contribution < -0.4 is 10.2 Å². The molecule has 0 rings (SSSR count). The van der Waals surface area contributed by atoms with Gasteiger partial charge in [-0.15, -0.1) is 0 Å². The molecule has 0 fully saturated rings. The molecule has 0 bridgehead atoms. The minimum atomic E-state index is -5.08. The van der Waals surface area contributed by atoms with Gasteiger partial charge >= 0.3 is 0 Å². The van der Waals surface area contributed by atoms with Crippen LogP contribution in [0.3, 0.4) is 0 Å². The predicted molar refractivity (Wildman–Crippen MR) is 93.4 cm³/mol. The summed E-state index contributed by atoms with van der Waals surface area (Å²) in [4.78, 5) is 21.8. The van der Waals surface area contributed by atoms with Gasteiger partial charge in [-0.05, 0) is 12.2 Å². The molecule has 0 saturated carbocycles. The molecule has 2 atom stereocenters. The second-order valence-corrected chi connectivity index (χ2v) is 8.83. The fourth-order valence-corrected chi connectivity index (χ4v) is 4.85. The van der Waals surface area contributed by atoms with Crippen LogP contribution >= 0.6 is 11.8 Å². The second kappa shape index (κ2) is 13.4. The van der Waals surface area contributed by atoms with E-state index in [1.807, 2.05) is 0 Å². The summed E-state index contributed by atoms with van der Waals surface area (Å²) in [6, 6.07) is 0. The van der Waals surface area contributed by atoms with Gasteiger partial charge in [0.25, 0.3) is 10.1 Å². The molecule has 0 aliphatic heterocycles. The van der Waals surface area contributed by atoms with Gasteiger partial charge in [0.05, 0.1) is 17.2 Å². The molecule has 0 aliphatic carbocycles. The molecule has 0 aliphatic rings. The summed E-state index contributed by atoms with van der Waals surface area (Å²) < 4.78 is 31.0. The molecule has 0 aromatic rings. The Hall–Kier alpha value is -0.800. The summed E-state index contributed by atoms with van der Waals surface area (Å²) in [7, 11) is -5.08. The normalized spacial score (nSPS) is 14.2. The number of thioether (sulfide) groups is 1. The van der Waals surface area contributed by atoms with Crippen molar-refractivity contribution in [3.63, 3.8) is 0 Å². The van der Waals surface area contributed by atoms with E-state index in [2.05, 4.69) is 6.92 Å². The van der Waals surface area contributed by atoms with E-state index in [0.717, 1.165) is 25.7 Å². The predicted octanol–water partition coefficient (Wildman–Crippen LogP) is 0.765. The summed E-state index contributed by atoms with van der Waals surface area (Å²) in [5.41, 5.74) is 0. The first-order chi connectivity index (χ1) is 11.7. The molecule has 0 spiro atoms. The fraction of sp³-hybridized carbons (Fsp3) is 0.875. The molecule has 0 aromatic carbocycles. The van der Waals surface area contributed by atoms with E-state index in [9.17, 15) is 28.2 Å². The number of rotatable bonds is 16. The molecular formula is C16H28O7S2-2. The third-order valence-corrected chi connectivity index (χ3v) is 6.48. The number of hydrogen-bond donors (Lipinski definition) is 1. The average Bonchev–Trinajstić information content (AvgIpc) is 2.49. The Labute approximate surface area is 154 Å². The van der Waals surface area contributed by atoms with Crippen molar-refractivity contribution in [2.24, 2.45) is 0 Å². The van der Waals surface area contributed by atoms with Crippen molar-refractivity contribution in [2.75, 3.05) is 5.75 Å². The van der Waals surface area contributed by atoms with Crippen molar-refractivity contribution in [3.8, 4) is 0 Å². The van der Waals surface area contributed by atoms with Crippen LogP contribution in [0.5, 0.6) is 0 Å². The molecule has 0 aromatic heterocycles. The van der Waals surface area contributed by atoms with Crippen LogP contribution in [0, 0.1) is 0 Å². The SMILES string of the molecule is CCCCCCCCCCCCSC(C(=O)[O-])C(C(=O)[O-])S(=O)(=O)O. The van der Waals surface area contributed by atoms with Gasteiger partial charge in [0, 0.05) is 0 Å². The number of carbonyl (C=O) groups excluding carboxylic acids is 2. The van der Waals surface area contributed by atoms with Gasteiger partial charge in [0.1, 0.15) is 5.25 Å². The molecule has 7 nitrogen and oxygen atoms in total. The van der Waals surface area contributed by atoms with E-state index in [4.69, 9.17) is 4.55 Å². The van der Waals surface area contributed by atoms with Crippen LogP contribution in [0.2, 0.25) is 0 Å². The van der Waals surface area contributed by atoms with E-state index in [1.54, 1.807) is 0 Å². The summed E-state index contributed by atoms with van der Waals surface area (Å²) >= 11 is 0.648. The van der Waals surface area contributed by atoms with E-state index < -0.39 is 32.6 Å². The molecule has 25 heavy (non-hydrogen) atoms. The number of carbonyl (C=O) groups is 2. The molecule has 0 amide bonds. The first-order valence-electron chi connectivity index (χ1n) is 8.71. The van der Waals surface area contributed by atoms with Crippen molar-refractivity contribution >= 4 is 33.8 Å². The number of carboxylic acid groups (broad SMARTS) is 2. The van der Waals surface area contributed by atoms with Gasteiger partial charge < -0.3 is 19.8 Å². The maximum Gasteiger partial charge on any atom is 0.274 e. The lowest BCUT2D eigenvalue weighted by Crippen LogP contribution is -2.53. The van der Waals surface area contributed by atoms with Crippen molar-refractivity contribution in [2.45, 2.75) is 81.6 Å². The Balaban J connectivity index is 4.03. The fourth-order valence-electron chi connectivity index (χ4n) is 2.48. The van der Waals surface area contributed by atoms with E-state index in [1.165, 1.54) is 32.1 Å². The summed E-state index contributed by atoms with van der Waals surface area (Å²) in [5.74, 6) is -3.72. The molecule has 2 unspecified atom stereocenters. The molecule has 0 radical (unpaired) electrons. The van der Waals surface area contributed by atoms with Gasteiger partial charge in [0.15, 0.2) is 0 Å². The molecule has 148 valence electrons. The average molecular weight is 397 g/mol. The highest BCUT2D eigenvalue weighted by molar-refractivity contribution is 8.01. The first kappa shape index (κ1) is 24.2. The van der Waals surface area contributed by atoms with E-state index in [-0.39, 0.29) is 5.75 Å². The van der Waals surface area contributed by atoms with Crippen molar-refractivity contribution < 1.29 is 32.8 Å². The van der Waals surface area contributed by atoms with Gasteiger partial charge in [0.2, 0.25) is 0 Å². The molecule has 1 N–H and O–H groups in total. The highest BCUT2D eigenvalue weighted by Gasteiger charge is 2.34. The van der Waals surface area contributed by atoms with E-state index >= 15 is 0 Å². The molecule has 0 saturated heterocycles. The minimum Gasteiger partial charge on any atom is -0.549 e. The molecular weight excluding hydrogens is 368 g/mol. The molecule has 0 heterocycles. The maximum absolute atomic E-state index is 11.1. The van der Waals surface area contributed by atoms with E-state index in [0.29, 0.717) is 18.2 Å². The Morgan fingerprint density at radius 2 is 1.32 bits per heavy atom. The van der Waals surface area contributed by atoms with Gasteiger partial charge in [-0.2, -0.15) is 20.2 Å². The Kier molecular flexibility index (Phi) is 13.0. The van der Waals surface area contributed by atoms with Crippen LogP contribution in [0.1, 0.15) is 71.1 Å². The minimum absolute atomic E-state index is 0.272. The monoisotopic (exact) mass is 396 g/mol. The van der Waals surface area contributed by atoms with Gasteiger partial charge in [-0.25, -0.2) is 0 Å². The zero-order valence-electron chi connectivity index (χ0n) is 14.6. The van der Waals surface area contributed by atoms with Crippen molar-refractivity contribution in [1.29, 1.82) is 0 Å². The number of unbranched alkanes of at least 4 members (excludes halogenated alkanes) is 9. The quantitative estimate of drug-likeness (QED) is 0.298.